The average Bonchev–Trinajstić information content (AvgIpc) is 2.46. The second kappa shape index (κ2) is 8.24. The molecule has 0 saturated heterocycles. The zero-order valence-corrected chi connectivity index (χ0v) is 12.5. The van der Waals surface area contributed by atoms with Crippen LogP contribution in [0.3, 0.4) is 0 Å². The summed E-state index contributed by atoms with van der Waals surface area (Å²) in [6, 6.07) is 6.91. The molecule has 0 aliphatic heterocycles. The van der Waals surface area contributed by atoms with Gasteiger partial charge in [0.25, 0.3) is 0 Å². The van der Waals surface area contributed by atoms with Crippen molar-refractivity contribution in [2.75, 3.05) is 20.3 Å². The van der Waals surface area contributed by atoms with E-state index in [2.05, 4.69) is 5.32 Å². The molecule has 120 valence electrons. The van der Waals surface area contributed by atoms with Crippen LogP contribution in [0.4, 0.5) is 13.2 Å². The Kier molecular flexibility index (Phi) is 6.98. The van der Waals surface area contributed by atoms with Crippen molar-refractivity contribution >= 4 is 0 Å². The third kappa shape index (κ3) is 5.55. The third-order valence-electron chi connectivity index (χ3n) is 3.13. The zero-order chi connectivity index (χ0) is 15.9. The number of ether oxygens (including phenoxy) is 2. The fourth-order valence-electron chi connectivity index (χ4n) is 1.87. The second-order valence-electron chi connectivity index (χ2n) is 4.77. The van der Waals surface area contributed by atoms with E-state index in [1.165, 1.54) is 7.11 Å². The van der Waals surface area contributed by atoms with Crippen molar-refractivity contribution in [3.05, 3.63) is 29.8 Å². The summed E-state index contributed by atoms with van der Waals surface area (Å²) in [7, 11) is 1.54. The zero-order valence-electron chi connectivity index (χ0n) is 12.5. The molecule has 2 unspecified atom stereocenters. The van der Waals surface area contributed by atoms with Crippen LogP contribution in [0.15, 0.2) is 24.3 Å². The summed E-state index contributed by atoms with van der Waals surface area (Å²) in [5.41, 5.74) is 0.794. The SMILES string of the molecule is CCCNC(COC(C)C(F)(F)F)c1ccccc1OC. The average molecular weight is 305 g/mol. The number of para-hydroxylation sites is 1. The lowest BCUT2D eigenvalue weighted by Gasteiger charge is -2.24. The van der Waals surface area contributed by atoms with Crippen LogP contribution < -0.4 is 10.1 Å². The van der Waals surface area contributed by atoms with E-state index in [4.69, 9.17) is 9.47 Å². The molecule has 1 aromatic rings. The van der Waals surface area contributed by atoms with Crippen molar-refractivity contribution in [2.24, 2.45) is 0 Å². The van der Waals surface area contributed by atoms with Crippen LogP contribution in [0, 0.1) is 0 Å². The summed E-state index contributed by atoms with van der Waals surface area (Å²) < 4.78 is 47.8. The Morgan fingerprint density at radius 3 is 2.48 bits per heavy atom. The van der Waals surface area contributed by atoms with E-state index in [1.54, 1.807) is 6.07 Å². The molecule has 2 atom stereocenters. The molecule has 21 heavy (non-hydrogen) atoms. The standard InChI is InChI=1S/C15H22F3NO2/c1-4-9-19-13(10-21-11(2)15(16,17)18)12-7-5-6-8-14(12)20-3/h5-8,11,13,19H,4,9-10H2,1-3H3. The number of benzene rings is 1. The number of alkyl halides is 3. The van der Waals surface area contributed by atoms with Gasteiger partial charge in [-0.25, -0.2) is 0 Å². The first kappa shape index (κ1) is 17.8. The Morgan fingerprint density at radius 2 is 1.90 bits per heavy atom. The van der Waals surface area contributed by atoms with Crippen molar-refractivity contribution in [3.63, 3.8) is 0 Å². The molecule has 1 aromatic carbocycles. The van der Waals surface area contributed by atoms with E-state index >= 15 is 0 Å². The first-order valence-electron chi connectivity index (χ1n) is 6.94. The molecular weight excluding hydrogens is 283 g/mol. The predicted molar refractivity (Wildman–Crippen MR) is 75.5 cm³/mol. The van der Waals surface area contributed by atoms with Gasteiger partial charge in [0.1, 0.15) is 5.75 Å². The van der Waals surface area contributed by atoms with Crippen molar-refractivity contribution < 1.29 is 22.6 Å². The Bertz CT molecular complexity index is 424. The fourth-order valence-corrected chi connectivity index (χ4v) is 1.87. The number of hydrogen-bond acceptors (Lipinski definition) is 3. The minimum Gasteiger partial charge on any atom is -0.496 e. The summed E-state index contributed by atoms with van der Waals surface area (Å²) in [5, 5.41) is 3.19. The van der Waals surface area contributed by atoms with Gasteiger partial charge in [-0.15, -0.1) is 0 Å². The van der Waals surface area contributed by atoms with Gasteiger partial charge >= 0.3 is 6.18 Å². The van der Waals surface area contributed by atoms with Crippen LogP contribution in [0.5, 0.6) is 5.75 Å². The van der Waals surface area contributed by atoms with Gasteiger partial charge in [0.15, 0.2) is 6.10 Å². The van der Waals surface area contributed by atoms with Gasteiger partial charge in [-0.3, -0.25) is 0 Å². The number of nitrogens with one attached hydrogen (secondary N) is 1. The molecule has 0 heterocycles. The Labute approximate surface area is 123 Å². The fraction of sp³-hybridized carbons (Fsp3) is 0.600. The molecule has 0 radical (unpaired) electrons. The van der Waals surface area contributed by atoms with E-state index < -0.39 is 12.3 Å². The maximum atomic E-state index is 12.5. The quantitative estimate of drug-likeness (QED) is 0.794. The number of halogens is 3. The van der Waals surface area contributed by atoms with Crippen molar-refractivity contribution in [2.45, 2.75) is 38.6 Å². The number of rotatable bonds is 8. The summed E-state index contributed by atoms with van der Waals surface area (Å²) in [4.78, 5) is 0. The van der Waals surface area contributed by atoms with E-state index in [0.717, 1.165) is 18.9 Å². The lowest BCUT2D eigenvalue weighted by atomic mass is 10.1. The van der Waals surface area contributed by atoms with Crippen LogP contribution in [-0.2, 0) is 4.74 Å². The van der Waals surface area contributed by atoms with Gasteiger partial charge in [0, 0.05) is 5.56 Å². The highest BCUT2D eigenvalue weighted by atomic mass is 19.4. The molecule has 0 saturated carbocycles. The third-order valence-corrected chi connectivity index (χ3v) is 3.13. The van der Waals surface area contributed by atoms with Gasteiger partial charge in [-0.05, 0) is 26.0 Å². The lowest BCUT2D eigenvalue weighted by Crippen LogP contribution is -2.33. The molecule has 0 bridgehead atoms. The molecule has 0 aliphatic carbocycles. The first-order valence-corrected chi connectivity index (χ1v) is 6.94. The topological polar surface area (TPSA) is 30.5 Å². The molecule has 0 spiro atoms. The lowest BCUT2D eigenvalue weighted by molar-refractivity contribution is -0.215. The van der Waals surface area contributed by atoms with Crippen molar-refractivity contribution in [1.29, 1.82) is 0 Å². The van der Waals surface area contributed by atoms with Gasteiger partial charge in [0.05, 0.1) is 19.8 Å². The largest absolute Gasteiger partial charge is 0.496 e. The molecule has 1 rings (SSSR count). The maximum absolute atomic E-state index is 12.5. The molecule has 0 aromatic heterocycles. The molecule has 0 fully saturated rings. The molecular formula is C15H22F3NO2. The minimum absolute atomic E-state index is 0.0684. The van der Waals surface area contributed by atoms with Gasteiger partial charge < -0.3 is 14.8 Å². The summed E-state index contributed by atoms with van der Waals surface area (Å²) in [6.07, 6.45) is -5.27. The summed E-state index contributed by atoms with van der Waals surface area (Å²) in [5.74, 6) is 0.634. The molecule has 1 N–H and O–H groups in total. The van der Waals surface area contributed by atoms with E-state index in [1.807, 2.05) is 25.1 Å². The van der Waals surface area contributed by atoms with E-state index in [0.29, 0.717) is 12.3 Å². The molecule has 0 amide bonds. The van der Waals surface area contributed by atoms with Crippen LogP contribution in [-0.4, -0.2) is 32.5 Å². The highest BCUT2D eigenvalue weighted by Gasteiger charge is 2.37. The van der Waals surface area contributed by atoms with E-state index in [9.17, 15) is 13.2 Å². The highest BCUT2D eigenvalue weighted by Crippen LogP contribution is 2.27. The van der Waals surface area contributed by atoms with Crippen LogP contribution >= 0.6 is 0 Å². The van der Waals surface area contributed by atoms with Crippen LogP contribution in [0.25, 0.3) is 0 Å². The monoisotopic (exact) mass is 305 g/mol. The Morgan fingerprint density at radius 1 is 1.24 bits per heavy atom. The van der Waals surface area contributed by atoms with Gasteiger partial charge in [0.2, 0.25) is 0 Å². The molecule has 6 heteroatoms. The van der Waals surface area contributed by atoms with E-state index in [-0.39, 0.29) is 12.6 Å². The van der Waals surface area contributed by atoms with Crippen molar-refractivity contribution in [1.82, 2.24) is 5.32 Å². The normalized spacial score (nSPS) is 14.8. The summed E-state index contributed by atoms with van der Waals surface area (Å²) in [6.45, 7) is 3.62. The first-order chi connectivity index (χ1) is 9.90. The number of methoxy groups -OCH3 is 1. The molecule has 3 nitrogen and oxygen atoms in total. The summed E-state index contributed by atoms with van der Waals surface area (Å²) >= 11 is 0. The minimum atomic E-state index is -4.35. The van der Waals surface area contributed by atoms with Crippen molar-refractivity contribution in [3.8, 4) is 5.75 Å². The van der Waals surface area contributed by atoms with Gasteiger partial charge in [-0.2, -0.15) is 13.2 Å². The van der Waals surface area contributed by atoms with Gasteiger partial charge in [-0.1, -0.05) is 25.1 Å². The highest BCUT2D eigenvalue weighted by molar-refractivity contribution is 5.35. The van der Waals surface area contributed by atoms with Crippen LogP contribution in [0.2, 0.25) is 0 Å². The Balaban J connectivity index is 2.80. The smallest absolute Gasteiger partial charge is 0.414 e. The molecule has 0 aliphatic rings. The second-order valence-corrected chi connectivity index (χ2v) is 4.77. The maximum Gasteiger partial charge on any atom is 0.414 e. The van der Waals surface area contributed by atoms with Crippen LogP contribution in [0.1, 0.15) is 31.9 Å². The Hall–Kier alpha value is -1.27. The predicted octanol–water partition coefficient (Wildman–Crippen LogP) is 3.70. The number of hydrogen-bond donors (Lipinski definition) is 1.